The number of alkyl halides is 5. The number of esters is 1. The van der Waals surface area contributed by atoms with Gasteiger partial charge in [-0.15, -0.1) is 0 Å². The Bertz CT molecular complexity index is 449. The average Bonchev–Trinajstić information content (AvgIpc) is 2.51. The normalized spacial score (nSPS) is 32.0. The maximum Gasteiger partial charge on any atom is 0.449 e. The van der Waals surface area contributed by atoms with E-state index >= 15 is 0 Å². The van der Waals surface area contributed by atoms with Crippen molar-refractivity contribution in [1.29, 1.82) is 0 Å². The molecule has 2 unspecified atom stereocenters. The smallest absolute Gasteiger partial charge is 0.444 e. The Kier molecular flexibility index (Phi) is 4.39. The Hall–Kier alpha value is -1.26. The lowest BCUT2D eigenvalue weighted by Crippen LogP contribution is -2.65. The van der Waals surface area contributed by atoms with Crippen molar-refractivity contribution >= 4 is 5.97 Å². The summed E-state index contributed by atoms with van der Waals surface area (Å²) in [6.07, 6.45) is -5.80. The highest BCUT2D eigenvalue weighted by Gasteiger charge is 2.84. The van der Waals surface area contributed by atoms with Crippen molar-refractivity contribution < 1.29 is 46.1 Å². The summed E-state index contributed by atoms with van der Waals surface area (Å²) in [6.45, 7) is 1.74. The van der Waals surface area contributed by atoms with Crippen molar-refractivity contribution in [2.45, 2.75) is 30.4 Å². The average molecular weight is 320 g/mol. The molecule has 0 spiro atoms. The van der Waals surface area contributed by atoms with E-state index in [1.165, 1.54) is 0 Å². The fourth-order valence-electron chi connectivity index (χ4n) is 1.72. The molecule has 10 heteroatoms. The van der Waals surface area contributed by atoms with Gasteiger partial charge in [0, 0.05) is 12.7 Å². The summed E-state index contributed by atoms with van der Waals surface area (Å²) >= 11 is 0. The first-order chi connectivity index (χ1) is 9.34. The van der Waals surface area contributed by atoms with Crippen LogP contribution >= 0.6 is 0 Å². The zero-order chi connectivity index (χ0) is 16.7. The minimum absolute atomic E-state index is 0.316. The number of hydrogen-bond acceptors (Lipinski definition) is 5. The van der Waals surface area contributed by atoms with Crippen LogP contribution in [0.1, 0.15) is 6.92 Å². The third-order valence-electron chi connectivity index (χ3n) is 2.91. The number of carbonyl (C=O) groups excluding carboxylic acids is 1. The van der Waals surface area contributed by atoms with Crippen molar-refractivity contribution in [3.63, 3.8) is 0 Å². The summed E-state index contributed by atoms with van der Waals surface area (Å²) < 4.78 is 79.0. The van der Waals surface area contributed by atoms with E-state index in [-0.39, 0.29) is 5.57 Å². The number of halogens is 5. The molecule has 21 heavy (non-hydrogen) atoms. The van der Waals surface area contributed by atoms with Gasteiger partial charge >= 0.3 is 23.9 Å². The van der Waals surface area contributed by atoms with Gasteiger partial charge in [0.25, 0.3) is 0 Å². The van der Waals surface area contributed by atoms with Crippen LogP contribution in [0.2, 0.25) is 0 Å². The Balaban J connectivity index is 3.29. The summed E-state index contributed by atoms with van der Waals surface area (Å²) in [5.41, 5.74) is -3.44. The fraction of sp³-hybridized carbons (Fsp3) is 0.727. The quantitative estimate of drug-likeness (QED) is 0.482. The summed E-state index contributed by atoms with van der Waals surface area (Å²) in [5, 5.41) is 9.20. The van der Waals surface area contributed by atoms with Gasteiger partial charge < -0.3 is 19.3 Å². The molecule has 1 rings (SSSR count). The lowest BCUT2D eigenvalue weighted by atomic mass is 9.93. The Morgan fingerprint density at radius 3 is 2.29 bits per heavy atom. The van der Waals surface area contributed by atoms with E-state index in [0.29, 0.717) is 0 Å². The number of rotatable bonds is 4. The monoisotopic (exact) mass is 320 g/mol. The first-order valence-electron chi connectivity index (χ1n) is 5.53. The number of carbonyl (C=O) groups is 1. The van der Waals surface area contributed by atoms with Crippen LogP contribution in [0.3, 0.4) is 0 Å². The van der Waals surface area contributed by atoms with Crippen LogP contribution in [0.15, 0.2) is 12.2 Å². The molecule has 1 fully saturated rings. The minimum atomic E-state index is -5.80. The molecule has 1 heterocycles. The second-order valence-corrected chi connectivity index (χ2v) is 4.60. The van der Waals surface area contributed by atoms with Gasteiger partial charge in [-0.25, -0.2) is 4.79 Å². The molecule has 2 atom stereocenters. The predicted octanol–water partition coefficient (Wildman–Crippen LogP) is 1.41. The molecule has 1 aliphatic rings. The molecule has 0 aromatic rings. The lowest BCUT2D eigenvalue weighted by molar-refractivity contribution is -0.410. The van der Waals surface area contributed by atoms with Gasteiger partial charge in [0.2, 0.25) is 5.60 Å². The standard InChI is InChI=1S/C11H13F5O5/c1-6(2)7(17)21-8(4-19-3)5-20-10(18,9(8,12)13)11(14,15)16/h18H,1,4-5H2,2-3H3. The van der Waals surface area contributed by atoms with Crippen molar-refractivity contribution in [2.75, 3.05) is 20.3 Å². The minimum Gasteiger partial charge on any atom is -0.444 e. The SMILES string of the molecule is C=C(C)C(=O)OC1(COC)COC(O)(C(F)(F)F)C1(F)F. The van der Waals surface area contributed by atoms with Crippen molar-refractivity contribution in [3.05, 3.63) is 12.2 Å². The van der Waals surface area contributed by atoms with E-state index < -0.39 is 42.7 Å². The predicted molar refractivity (Wildman–Crippen MR) is 57.4 cm³/mol. The van der Waals surface area contributed by atoms with Gasteiger partial charge in [0.1, 0.15) is 0 Å². The van der Waals surface area contributed by atoms with Gasteiger partial charge in [-0.3, -0.25) is 0 Å². The number of hydrogen-bond donors (Lipinski definition) is 1. The molecular weight excluding hydrogens is 307 g/mol. The molecule has 5 nitrogen and oxygen atoms in total. The Morgan fingerprint density at radius 1 is 1.43 bits per heavy atom. The van der Waals surface area contributed by atoms with E-state index in [1.807, 2.05) is 0 Å². The van der Waals surface area contributed by atoms with Crippen LogP contribution in [0.4, 0.5) is 22.0 Å². The van der Waals surface area contributed by atoms with Crippen LogP contribution < -0.4 is 0 Å². The molecule has 0 saturated carbocycles. The maximum atomic E-state index is 14.1. The molecule has 1 N–H and O–H groups in total. The van der Waals surface area contributed by atoms with Crippen molar-refractivity contribution in [2.24, 2.45) is 0 Å². The highest BCUT2D eigenvalue weighted by Crippen LogP contribution is 2.54. The first-order valence-corrected chi connectivity index (χ1v) is 5.53. The van der Waals surface area contributed by atoms with Crippen molar-refractivity contribution in [3.8, 4) is 0 Å². The van der Waals surface area contributed by atoms with E-state index in [9.17, 15) is 31.9 Å². The van der Waals surface area contributed by atoms with E-state index in [0.717, 1.165) is 14.0 Å². The molecule has 122 valence electrons. The zero-order valence-corrected chi connectivity index (χ0v) is 11.1. The highest BCUT2D eigenvalue weighted by molar-refractivity contribution is 5.87. The third-order valence-corrected chi connectivity index (χ3v) is 2.91. The molecule has 0 aromatic carbocycles. The molecule has 0 bridgehead atoms. The lowest BCUT2D eigenvalue weighted by Gasteiger charge is -2.37. The summed E-state index contributed by atoms with van der Waals surface area (Å²) in [6, 6.07) is 0. The third kappa shape index (κ3) is 2.51. The molecule has 0 amide bonds. The van der Waals surface area contributed by atoms with Crippen molar-refractivity contribution in [1.82, 2.24) is 0 Å². The fourth-order valence-corrected chi connectivity index (χ4v) is 1.72. The molecule has 1 saturated heterocycles. The van der Waals surface area contributed by atoms with Crippen LogP contribution in [0.5, 0.6) is 0 Å². The van der Waals surface area contributed by atoms with Gasteiger partial charge in [0.15, 0.2) is 0 Å². The van der Waals surface area contributed by atoms with Crippen LogP contribution in [-0.4, -0.2) is 54.9 Å². The van der Waals surface area contributed by atoms with Crippen LogP contribution in [0.25, 0.3) is 0 Å². The topological polar surface area (TPSA) is 65.0 Å². The molecule has 0 radical (unpaired) electrons. The number of methoxy groups -OCH3 is 1. The molecular formula is C11H13F5O5. The number of ether oxygens (including phenoxy) is 3. The van der Waals surface area contributed by atoms with Gasteiger partial charge in [-0.2, -0.15) is 22.0 Å². The first kappa shape index (κ1) is 17.8. The second-order valence-electron chi connectivity index (χ2n) is 4.60. The zero-order valence-electron chi connectivity index (χ0n) is 11.1. The Morgan fingerprint density at radius 2 is 1.95 bits per heavy atom. The largest absolute Gasteiger partial charge is 0.449 e. The molecule has 0 aliphatic carbocycles. The van der Waals surface area contributed by atoms with Crippen LogP contribution in [-0.2, 0) is 19.0 Å². The van der Waals surface area contributed by atoms with E-state index in [4.69, 9.17) is 0 Å². The van der Waals surface area contributed by atoms with E-state index in [1.54, 1.807) is 0 Å². The van der Waals surface area contributed by atoms with Gasteiger partial charge in [0.05, 0.1) is 13.2 Å². The molecule has 1 aliphatic heterocycles. The Labute approximate surface area is 116 Å². The van der Waals surface area contributed by atoms with Gasteiger partial charge in [-0.1, -0.05) is 6.58 Å². The summed E-state index contributed by atoms with van der Waals surface area (Å²) in [7, 11) is 0.914. The summed E-state index contributed by atoms with van der Waals surface area (Å²) in [5.74, 6) is -11.1. The summed E-state index contributed by atoms with van der Waals surface area (Å²) in [4.78, 5) is 11.4. The highest BCUT2D eigenvalue weighted by atomic mass is 19.4. The van der Waals surface area contributed by atoms with Crippen LogP contribution in [0, 0.1) is 0 Å². The second kappa shape index (κ2) is 5.18. The van der Waals surface area contributed by atoms with Gasteiger partial charge in [-0.05, 0) is 6.92 Å². The number of aliphatic hydroxyl groups is 1. The maximum absolute atomic E-state index is 14.1. The molecule has 0 aromatic heterocycles. The van der Waals surface area contributed by atoms with E-state index in [2.05, 4.69) is 20.8 Å².